The van der Waals surface area contributed by atoms with Crippen LogP contribution in [0.4, 0.5) is 13.2 Å². The minimum Gasteiger partial charge on any atom is -0.741 e. The van der Waals surface area contributed by atoms with E-state index in [1.807, 2.05) is 30.7 Å². The zero-order chi connectivity index (χ0) is 58.6. The molecule has 0 fully saturated rings. The molecule has 2 radical (unpaired) electrons. The molecule has 1 atom stereocenters. The van der Waals surface area contributed by atoms with Crippen molar-refractivity contribution in [2.45, 2.75) is 101 Å². The monoisotopic (exact) mass is 1470 g/mol. The fraction of sp³-hybridized carbons (Fsp3) is 0.224. The Labute approximate surface area is 505 Å². The molecule has 430 valence electrons. The zero-order valence-corrected chi connectivity index (χ0v) is 53.3. The molecule has 0 aliphatic carbocycles. The van der Waals surface area contributed by atoms with Gasteiger partial charge < -0.3 is 24.7 Å². The summed E-state index contributed by atoms with van der Waals surface area (Å²) in [6, 6.07) is 59.3. The van der Waals surface area contributed by atoms with Crippen LogP contribution in [-0.4, -0.2) is 55.9 Å². The van der Waals surface area contributed by atoms with E-state index in [0.717, 1.165) is 28.2 Å². The number of benzene rings is 6. The van der Waals surface area contributed by atoms with Gasteiger partial charge in [-0.3, -0.25) is 4.98 Å². The SMILES string of the molecule is CC(C)O.Cc1cc[c-]c(-c2cc(C)c(-c3cccc(C)c3)cn2)c1.Cc1cc[c-]c(-c2cc(C)c(-c3cccc(C)c3)cn2)c1.Cc1cccc(-c2cc(C)c(-c3cccc(C)c3)cn2)c1.O=S(=O)([O-])C(F)(F)F.[CH2+]C(C)O.[Ir].[Ir]. The van der Waals surface area contributed by atoms with Crippen LogP contribution in [-0.2, 0) is 50.3 Å². The number of nitrogens with zero attached hydrogens (tertiary/aromatic N) is 3. The number of pyridine rings is 3. The van der Waals surface area contributed by atoms with E-state index in [1.54, 1.807) is 20.8 Å². The van der Waals surface area contributed by atoms with Crippen LogP contribution in [0.2, 0.25) is 0 Å². The largest absolute Gasteiger partial charge is 0.741 e. The first-order chi connectivity index (χ1) is 37.1. The number of hydrogen-bond acceptors (Lipinski definition) is 8. The predicted octanol–water partition coefficient (Wildman–Crippen LogP) is 16.3. The third kappa shape index (κ3) is 23.9. The van der Waals surface area contributed by atoms with E-state index < -0.39 is 21.7 Å². The van der Waals surface area contributed by atoms with Gasteiger partial charge in [-0.1, -0.05) is 139 Å². The van der Waals surface area contributed by atoms with Crippen molar-refractivity contribution in [3.05, 3.63) is 239 Å². The second kappa shape index (κ2) is 33.5. The van der Waals surface area contributed by atoms with Crippen LogP contribution < -0.4 is 0 Å². The topological polar surface area (TPSA) is 136 Å². The van der Waals surface area contributed by atoms with Gasteiger partial charge in [0.15, 0.2) is 16.2 Å². The van der Waals surface area contributed by atoms with Gasteiger partial charge in [-0.15, -0.1) is 70.8 Å². The van der Waals surface area contributed by atoms with Gasteiger partial charge in [0, 0.05) is 94.1 Å². The molecule has 0 aliphatic heterocycles. The summed E-state index contributed by atoms with van der Waals surface area (Å²) in [5.74, 6) is 0. The molecule has 0 amide bonds. The molecule has 2 N–H and O–H groups in total. The minimum absolute atomic E-state index is 0. The number of alkyl halides is 3. The van der Waals surface area contributed by atoms with E-state index in [0.29, 0.717) is 0 Å². The second-order valence-electron chi connectivity index (χ2n) is 19.5. The molecule has 3 aromatic heterocycles. The first kappa shape index (κ1) is 70.7. The molecule has 81 heavy (non-hydrogen) atoms. The van der Waals surface area contributed by atoms with E-state index in [4.69, 9.17) is 23.2 Å². The van der Waals surface area contributed by atoms with Crippen molar-refractivity contribution in [2.24, 2.45) is 0 Å². The predicted molar refractivity (Wildman–Crippen MR) is 316 cm³/mol. The maximum Gasteiger partial charge on any atom is 0.485 e. The Morgan fingerprint density at radius 2 is 0.716 bits per heavy atom. The van der Waals surface area contributed by atoms with Crippen LogP contribution in [0, 0.1) is 81.4 Å². The average molecular weight is 1470 g/mol. The minimum atomic E-state index is -6.09. The summed E-state index contributed by atoms with van der Waals surface area (Å²) >= 11 is 0. The molecule has 8 nitrogen and oxygen atoms in total. The molecule has 0 spiro atoms. The Morgan fingerprint density at radius 1 is 0.469 bits per heavy atom. The van der Waals surface area contributed by atoms with Gasteiger partial charge in [-0.2, -0.15) is 13.2 Å². The van der Waals surface area contributed by atoms with Crippen molar-refractivity contribution in [2.75, 3.05) is 0 Å². The van der Waals surface area contributed by atoms with E-state index in [-0.39, 0.29) is 46.3 Å². The quantitative estimate of drug-likeness (QED) is 0.0954. The summed E-state index contributed by atoms with van der Waals surface area (Å²) in [5.41, 5.74) is 19.1. The molecular weight excluding hydrogens is 1400 g/mol. The number of aliphatic hydroxyl groups excluding tert-OH is 2. The molecule has 9 rings (SSSR count). The van der Waals surface area contributed by atoms with Crippen LogP contribution >= 0.6 is 0 Å². The van der Waals surface area contributed by atoms with E-state index in [9.17, 15) is 13.2 Å². The molecular formula is C67H70F3Ir2N3O5S-2. The maximum absolute atomic E-state index is 10.7. The third-order valence-electron chi connectivity index (χ3n) is 11.4. The molecule has 14 heteroatoms. The van der Waals surface area contributed by atoms with E-state index in [1.165, 1.54) is 89.0 Å². The Morgan fingerprint density at radius 3 is 0.975 bits per heavy atom. The van der Waals surface area contributed by atoms with Gasteiger partial charge in [-0.25, -0.2) is 8.42 Å². The van der Waals surface area contributed by atoms with Crippen LogP contribution in [0.1, 0.15) is 70.8 Å². The third-order valence-corrected chi connectivity index (χ3v) is 11.9. The van der Waals surface area contributed by atoms with Gasteiger partial charge >= 0.3 is 5.51 Å². The normalized spacial score (nSPS) is 10.9. The van der Waals surface area contributed by atoms with Crippen LogP contribution in [0.15, 0.2) is 170 Å². The van der Waals surface area contributed by atoms with Gasteiger partial charge in [0.05, 0.1) is 12.6 Å². The molecule has 6 aromatic carbocycles. The molecule has 0 saturated carbocycles. The van der Waals surface area contributed by atoms with E-state index >= 15 is 0 Å². The number of hydrogen-bond donors (Lipinski definition) is 2. The summed E-state index contributed by atoms with van der Waals surface area (Å²) < 4.78 is 58.9. The summed E-state index contributed by atoms with van der Waals surface area (Å²) in [4.78, 5) is 13.9. The Bertz CT molecular complexity index is 3200. The number of aliphatic hydroxyl groups is 2. The van der Waals surface area contributed by atoms with Gasteiger partial charge in [-0.05, 0) is 119 Å². The molecule has 1 unspecified atom stereocenters. The molecule has 0 bridgehead atoms. The summed E-state index contributed by atoms with van der Waals surface area (Å²) in [7, 11) is -6.09. The van der Waals surface area contributed by atoms with Crippen molar-refractivity contribution in [1.82, 2.24) is 15.0 Å². The standard InChI is InChI=1S/C20H19N.2C20H18N.C3H8O.C3H7O.CHF3O3S.2Ir/c3*1-14-6-4-8-17(10-14)19-13-21-20(12-16(19)3)18-9-5-7-15(2)11-18;2*1-3(2)4;2-1(3,4)8(5,6)7;;/h4-13H,1-3H3;2*4-8,10-13H,1-3H3;3-4H,1-2H3;3-4H,1H2,2H3;(H,5,6,7);;/q;2*-1;;+1;;;/p-1. The summed E-state index contributed by atoms with van der Waals surface area (Å²) in [6.45, 7) is 27.3. The molecule has 0 saturated heterocycles. The van der Waals surface area contributed by atoms with Crippen molar-refractivity contribution in [1.29, 1.82) is 0 Å². The van der Waals surface area contributed by atoms with Gasteiger partial charge in [0.1, 0.15) is 0 Å². The molecule has 3 heterocycles. The fourth-order valence-electron chi connectivity index (χ4n) is 7.73. The smallest absolute Gasteiger partial charge is 0.485 e. The van der Waals surface area contributed by atoms with Crippen molar-refractivity contribution in [3.63, 3.8) is 0 Å². The first-order valence-electron chi connectivity index (χ1n) is 25.5. The van der Waals surface area contributed by atoms with Crippen LogP contribution in [0.25, 0.3) is 67.2 Å². The van der Waals surface area contributed by atoms with Crippen molar-refractivity contribution in [3.8, 4) is 67.2 Å². The first-order valence-corrected chi connectivity index (χ1v) is 26.9. The van der Waals surface area contributed by atoms with Gasteiger partial charge in [0.25, 0.3) is 0 Å². The average Bonchev–Trinajstić information content (AvgIpc) is 3.37. The number of aryl methyl sites for hydroxylation is 9. The fourth-order valence-corrected chi connectivity index (χ4v) is 7.73. The summed E-state index contributed by atoms with van der Waals surface area (Å²) in [5, 5.41) is 16.0. The van der Waals surface area contributed by atoms with Crippen molar-refractivity contribution < 1.29 is 76.6 Å². The summed E-state index contributed by atoms with van der Waals surface area (Å²) in [6.07, 6.45) is 5.34. The zero-order valence-electron chi connectivity index (χ0n) is 47.7. The Kier molecular flexibility index (Phi) is 29.2. The molecule has 9 aromatic rings. The van der Waals surface area contributed by atoms with Gasteiger partial charge in [0.2, 0.25) is 0 Å². The number of aromatic nitrogens is 3. The van der Waals surface area contributed by atoms with Crippen molar-refractivity contribution >= 4 is 10.1 Å². The Balaban J connectivity index is 0.000000362. The van der Waals surface area contributed by atoms with Crippen LogP contribution in [0.3, 0.4) is 0 Å². The second-order valence-corrected chi connectivity index (χ2v) is 20.9. The Hall–Kier alpha value is -6.44. The maximum atomic E-state index is 10.7. The molecule has 0 aliphatic rings. The number of rotatable bonds is 6. The number of halogens is 3. The van der Waals surface area contributed by atoms with Crippen LogP contribution in [0.5, 0.6) is 0 Å². The van der Waals surface area contributed by atoms with E-state index in [2.05, 4.69) is 236 Å².